The van der Waals surface area contributed by atoms with E-state index in [1.807, 2.05) is 0 Å². The molecule has 0 N–H and O–H groups in total. The van der Waals surface area contributed by atoms with E-state index in [1.165, 1.54) is 39.2 Å². The molecule has 5 aromatic rings. The van der Waals surface area contributed by atoms with Crippen molar-refractivity contribution in [3.05, 3.63) is 133 Å². The van der Waals surface area contributed by atoms with Crippen molar-refractivity contribution in [3.63, 3.8) is 0 Å². The topological polar surface area (TPSA) is 4.93 Å². The molecule has 1 aromatic heterocycles. The SMILES string of the molecule is C[C@@H](c1ccccc1)n1c(-c2ccccc2)cc(-c2ccccc2)c1-c1ccccc1. The number of hydrogen-bond acceptors (Lipinski definition) is 0. The summed E-state index contributed by atoms with van der Waals surface area (Å²) in [7, 11) is 0. The van der Waals surface area contributed by atoms with Crippen LogP contribution < -0.4 is 0 Å². The standard InChI is InChI=1S/C30H25N/c1-23(24-14-6-2-7-15-24)31-29(26-18-10-4-11-19-26)22-28(25-16-8-3-9-17-25)30(31)27-20-12-5-13-21-27/h2-23H,1H3/t23-/m0/s1. The lowest BCUT2D eigenvalue weighted by Crippen LogP contribution is -2.10. The summed E-state index contributed by atoms with van der Waals surface area (Å²) in [5, 5.41) is 0. The van der Waals surface area contributed by atoms with Crippen molar-refractivity contribution in [2.75, 3.05) is 0 Å². The lowest BCUT2D eigenvalue weighted by Gasteiger charge is -2.22. The van der Waals surface area contributed by atoms with Gasteiger partial charge in [-0.2, -0.15) is 0 Å². The average Bonchev–Trinajstić information content (AvgIpc) is 3.26. The summed E-state index contributed by atoms with van der Waals surface area (Å²) in [6.07, 6.45) is 0. The van der Waals surface area contributed by atoms with Crippen molar-refractivity contribution < 1.29 is 0 Å². The van der Waals surface area contributed by atoms with E-state index in [2.05, 4.69) is 139 Å². The van der Waals surface area contributed by atoms with Gasteiger partial charge in [0, 0.05) is 11.3 Å². The van der Waals surface area contributed by atoms with Crippen LogP contribution >= 0.6 is 0 Å². The van der Waals surface area contributed by atoms with E-state index < -0.39 is 0 Å². The molecule has 5 rings (SSSR count). The van der Waals surface area contributed by atoms with E-state index in [-0.39, 0.29) is 6.04 Å². The second kappa shape index (κ2) is 8.49. The van der Waals surface area contributed by atoms with Gasteiger partial charge in [0.05, 0.1) is 11.7 Å². The number of rotatable bonds is 5. The molecule has 0 aliphatic carbocycles. The molecule has 150 valence electrons. The van der Waals surface area contributed by atoms with E-state index in [0.29, 0.717) is 0 Å². The summed E-state index contributed by atoms with van der Waals surface area (Å²) >= 11 is 0. The molecule has 0 saturated carbocycles. The predicted octanol–water partition coefficient (Wildman–Crippen LogP) is 8.10. The van der Waals surface area contributed by atoms with Gasteiger partial charge in [-0.05, 0) is 35.2 Å². The van der Waals surface area contributed by atoms with Gasteiger partial charge in [-0.3, -0.25) is 0 Å². The highest BCUT2D eigenvalue weighted by molar-refractivity contribution is 5.87. The quantitative estimate of drug-likeness (QED) is 0.281. The van der Waals surface area contributed by atoms with Crippen LogP contribution in [-0.2, 0) is 0 Å². The Kier molecular flexibility index (Phi) is 5.24. The van der Waals surface area contributed by atoms with Crippen molar-refractivity contribution >= 4 is 0 Å². The first-order chi connectivity index (χ1) is 15.3. The van der Waals surface area contributed by atoms with Crippen LogP contribution in [0, 0.1) is 0 Å². The summed E-state index contributed by atoms with van der Waals surface area (Å²) in [4.78, 5) is 0. The van der Waals surface area contributed by atoms with Crippen molar-refractivity contribution in [1.82, 2.24) is 4.57 Å². The molecule has 1 nitrogen and oxygen atoms in total. The molecule has 1 atom stereocenters. The van der Waals surface area contributed by atoms with Gasteiger partial charge in [0.25, 0.3) is 0 Å². The third kappa shape index (κ3) is 3.71. The van der Waals surface area contributed by atoms with Crippen LogP contribution in [0.2, 0.25) is 0 Å². The Morgan fingerprint density at radius 2 is 0.968 bits per heavy atom. The molecule has 1 heterocycles. The van der Waals surface area contributed by atoms with Crippen LogP contribution in [0.3, 0.4) is 0 Å². The molecule has 0 fully saturated rings. The van der Waals surface area contributed by atoms with Gasteiger partial charge >= 0.3 is 0 Å². The van der Waals surface area contributed by atoms with Gasteiger partial charge in [-0.15, -0.1) is 0 Å². The fraction of sp³-hybridized carbons (Fsp3) is 0.0667. The predicted molar refractivity (Wildman–Crippen MR) is 131 cm³/mol. The number of aromatic nitrogens is 1. The molecule has 0 saturated heterocycles. The monoisotopic (exact) mass is 399 g/mol. The van der Waals surface area contributed by atoms with E-state index in [1.54, 1.807) is 0 Å². The molecule has 0 aliphatic heterocycles. The van der Waals surface area contributed by atoms with E-state index in [4.69, 9.17) is 0 Å². The summed E-state index contributed by atoms with van der Waals surface area (Å²) < 4.78 is 2.50. The number of nitrogens with zero attached hydrogens (tertiary/aromatic N) is 1. The largest absolute Gasteiger partial charge is 0.333 e. The molecule has 4 aromatic carbocycles. The summed E-state index contributed by atoms with van der Waals surface area (Å²) in [6, 6.07) is 45.5. The second-order valence-electron chi connectivity index (χ2n) is 7.85. The summed E-state index contributed by atoms with van der Waals surface area (Å²) in [5.41, 5.74) is 8.73. The molecule has 0 unspecified atom stereocenters. The Labute approximate surface area is 184 Å². The molecule has 1 heteroatoms. The zero-order valence-electron chi connectivity index (χ0n) is 17.6. The zero-order chi connectivity index (χ0) is 21.0. The fourth-order valence-corrected chi connectivity index (χ4v) is 4.37. The van der Waals surface area contributed by atoms with Crippen molar-refractivity contribution in [2.45, 2.75) is 13.0 Å². The Bertz CT molecular complexity index is 1250. The van der Waals surface area contributed by atoms with Gasteiger partial charge in [0.2, 0.25) is 0 Å². The fourth-order valence-electron chi connectivity index (χ4n) is 4.37. The minimum Gasteiger partial charge on any atom is -0.333 e. The van der Waals surface area contributed by atoms with Gasteiger partial charge in [0.15, 0.2) is 0 Å². The Morgan fingerprint density at radius 3 is 1.52 bits per heavy atom. The Morgan fingerprint density at radius 1 is 0.516 bits per heavy atom. The number of hydrogen-bond donors (Lipinski definition) is 0. The lowest BCUT2D eigenvalue weighted by atomic mass is 10.0. The summed E-state index contributed by atoms with van der Waals surface area (Å²) in [5.74, 6) is 0. The van der Waals surface area contributed by atoms with Gasteiger partial charge in [-0.1, -0.05) is 121 Å². The van der Waals surface area contributed by atoms with Gasteiger partial charge < -0.3 is 4.57 Å². The molecular formula is C30H25N. The first kappa shape index (κ1) is 19.1. The minimum atomic E-state index is 0.184. The van der Waals surface area contributed by atoms with Crippen LogP contribution in [0.25, 0.3) is 33.6 Å². The third-order valence-corrected chi connectivity index (χ3v) is 5.91. The van der Waals surface area contributed by atoms with Crippen LogP contribution in [0.1, 0.15) is 18.5 Å². The molecule has 0 radical (unpaired) electrons. The maximum Gasteiger partial charge on any atom is 0.0570 e. The summed E-state index contributed by atoms with van der Waals surface area (Å²) in [6.45, 7) is 2.29. The molecular weight excluding hydrogens is 374 g/mol. The van der Waals surface area contributed by atoms with Crippen molar-refractivity contribution in [1.29, 1.82) is 0 Å². The normalized spacial score (nSPS) is 11.9. The second-order valence-corrected chi connectivity index (χ2v) is 7.85. The van der Waals surface area contributed by atoms with Gasteiger partial charge in [0.1, 0.15) is 0 Å². The molecule has 0 spiro atoms. The third-order valence-electron chi connectivity index (χ3n) is 5.91. The van der Waals surface area contributed by atoms with Crippen molar-refractivity contribution in [3.8, 4) is 33.6 Å². The first-order valence-corrected chi connectivity index (χ1v) is 10.8. The first-order valence-electron chi connectivity index (χ1n) is 10.8. The minimum absolute atomic E-state index is 0.184. The molecule has 0 amide bonds. The Balaban J connectivity index is 1.84. The zero-order valence-corrected chi connectivity index (χ0v) is 17.6. The molecule has 31 heavy (non-hydrogen) atoms. The highest BCUT2D eigenvalue weighted by Gasteiger charge is 2.23. The molecule has 0 bridgehead atoms. The van der Waals surface area contributed by atoms with Crippen LogP contribution in [0.4, 0.5) is 0 Å². The molecule has 0 aliphatic rings. The highest BCUT2D eigenvalue weighted by atomic mass is 15.0. The Hall–Kier alpha value is -3.84. The van der Waals surface area contributed by atoms with Crippen LogP contribution in [0.15, 0.2) is 127 Å². The maximum absolute atomic E-state index is 2.50. The van der Waals surface area contributed by atoms with Gasteiger partial charge in [-0.25, -0.2) is 0 Å². The van der Waals surface area contributed by atoms with Crippen LogP contribution in [0.5, 0.6) is 0 Å². The maximum atomic E-state index is 2.50. The van der Waals surface area contributed by atoms with E-state index >= 15 is 0 Å². The number of benzene rings is 4. The lowest BCUT2D eigenvalue weighted by molar-refractivity contribution is 0.656. The highest BCUT2D eigenvalue weighted by Crippen LogP contribution is 2.42. The van der Waals surface area contributed by atoms with Crippen molar-refractivity contribution in [2.24, 2.45) is 0 Å². The smallest absolute Gasteiger partial charge is 0.0570 e. The van der Waals surface area contributed by atoms with E-state index in [0.717, 1.165) is 0 Å². The van der Waals surface area contributed by atoms with Crippen LogP contribution in [-0.4, -0.2) is 4.57 Å². The van der Waals surface area contributed by atoms with E-state index in [9.17, 15) is 0 Å². The average molecular weight is 400 g/mol.